The van der Waals surface area contributed by atoms with Crippen LogP contribution in [0.5, 0.6) is 11.5 Å². The number of Topliss-reactive ketones (excluding diaryl/α,β-unsaturated/α-hetero) is 2. The normalized spacial score (nSPS) is 25.7. The van der Waals surface area contributed by atoms with Crippen molar-refractivity contribution < 1.29 is 33.0 Å². The molecule has 1 aliphatic heterocycles. The third kappa shape index (κ3) is 3.95. The topological polar surface area (TPSA) is 80.3 Å². The molecule has 214 valence electrons. The molecule has 1 fully saturated rings. The summed E-state index contributed by atoms with van der Waals surface area (Å²) in [5.41, 5.74) is 0.641. The summed E-state index contributed by atoms with van der Waals surface area (Å²) in [6.07, 6.45) is 1.60. The number of rotatable bonds is 6. The van der Waals surface area contributed by atoms with Crippen molar-refractivity contribution in [2.24, 2.45) is 11.3 Å². The van der Waals surface area contributed by atoms with Crippen LogP contribution in [0.25, 0.3) is 0 Å². The number of methoxy groups -OCH3 is 2. The van der Waals surface area contributed by atoms with Gasteiger partial charge in [0.25, 0.3) is 0 Å². The number of allylic oxidation sites excluding steroid dienone is 1. The molecule has 0 bridgehead atoms. The highest BCUT2D eigenvalue weighted by molar-refractivity contribution is 6.74. The second-order valence-electron chi connectivity index (χ2n) is 12.5. The third-order valence-electron chi connectivity index (χ3n) is 9.30. The molecular formula is C32H40O7Si. The van der Waals surface area contributed by atoms with E-state index in [9.17, 15) is 4.79 Å². The standard InChI is InChI=1S/C32H40O7Si/c1-20-18-22-28(33)26-23(35-5)14-15-24(36-6)27(26)32(37-16-17-38-32)31(22,29(34)21-12-10-9-11-13-21)25(19-20)39-40(7,8)30(2,3)4/h9-15,19,22,25H,16-18H2,1-8H3/t22-,25-,31+/m0/s1. The molecule has 0 saturated carbocycles. The van der Waals surface area contributed by atoms with Gasteiger partial charge in [0.15, 0.2) is 19.9 Å². The number of hydrogen-bond donors (Lipinski definition) is 0. The monoisotopic (exact) mass is 564 g/mol. The van der Waals surface area contributed by atoms with Crippen LogP contribution < -0.4 is 9.47 Å². The molecule has 2 aromatic rings. The van der Waals surface area contributed by atoms with E-state index in [1.165, 1.54) is 7.11 Å². The minimum atomic E-state index is -2.49. The van der Waals surface area contributed by atoms with E-state index in [2.05, 4.69) is 33.9 Å². The molecular weight excluding hydrogens is 524 g/mol. The van der Waals surface area contributed by atoms with Crippen LogP contribution in [0.4, 0.5) is 0 Å². The van der Waals surface area contributed by atoms with Crippen LogP contribution in [-0.4, -0.2) is 53.4 Å². The maximum atomic E-state index is 15.2. The smallest absolute Gasteiger partial charge is 0.216 e. The molecule has 1 spiro atoms. The Bertz CT molecular complexity index is 1350. The number of carbonyl (C=O) groups excluding carboxylic acids is 2. The molecule has 1 heterocycles. The molecule has 5 rings (SSSR count). The average molecular weight is 565 g/mol. The SMILES string of the molecule is COc1ccc(OC)c2c1C(=O)[C@@H]1CC(C)=C[C@H](O[Si](C)(C)C(C)(C)C)[C@]1(C(=O)c1ccccc1)C21OCCO1. The van der Waals surface area contributed by atoms with Crippen LogP contribution in [0.1, 0.15) is 60.4 Å². The van der Waals surface area contributed by atoms with E-state index in [0.29, 0.717) is 34.6 Å². The van der Waals surface area contributed by atoms with Crippen molar-refractivity contribution in [3.8, 4) is 11.5 Å². The molecule has 7 nitrogen and oxygen atoms in total. The van der Waals surface area contributed by atoms with Gasteiger partial charge in [0, 0.05) is 11.5 Å². The van der Waals surface area contributed by atoms with Crippen LogP contribution in [-0.2, 0) is 19.7 Å². The Morgan fingerprint density at radius 3 is 2.15 bits per heavy atom. The maximum Gasteiger partial charge on any atom is 0.216 e. The largest absolute Gasteiger partial charge is 0.496 e. The minimum Gasteiger partial charge on any atom is -0.496 e. The Hall–Kier alpha value is -2.78. The lowest BCUT2D eigenvalue weighted by molar-refractivity contribution is -0.264. The second-order valence-corrected chi connectivity index (χ2v) is 17.3. The van der Waals surface area contributed by atoms with Crippen LogP contribution in [0, 0.1) is 11.3 Å². The van der Waals surface area contributed by atoms with Gasteiger partial charge in [-0.05, 0) is 43.6 Å². The zero-order chi connectivity index (χ0) is 29.1. The van der Waals surface area contributed by atoms with Gasteiger partial charge in [0.1, 0.15) is 16.9 Å². The van der Waals surface area contributed by atoms with Gasteiger partial charge in [0.05, 0.1) is 44.7 Å². The molecule has 3 aliphatic rings. The number of benzene rings is 2. The lowest BCUT2D eigenvalue weighted by Gasteiger charge is -2.58. The van der Waals surface area contributed by atoms with Crippen molar-refractivity contribution in [3.63, 3.8) is 0 Å². The van der Waals surface area contributed by atoms with Gasteiger partial charge in [-0.3, -0.25) is 9.59 Å². The lowest BCUT2D eigenvalue weighted by atomic mass is 9.51. The molecule has 1 saturated heterocycles. The predicted octanol–water partition coefficient (Wildman–Crippen LogP) is 6.33. The highest BCUT2D eigenvalue weighted by Gasteiger charge is 2.75. The molecule has 0 N–H and O–H groups in total. The van der Waals surface area contributed by atoms with Crippen molar-refractivity contribution in [3.05, 3.63) is 70.8 Å². The molecule has 3 atom stereocenters. The van der Waals surface area contributed by atoms with E-state index in [1.807, 2.05) is 31.2 Å². The van der Waals surface area contributed by atoms with Crippen molar-refractivity contribution in [1.29, 1.82) is 0 Å². The summed E-state index contributed by atoms with van der Waals surface area (Å²) >= 11 is 0. The molecule has 2 aliphatic carbocycles. The Balaban J connectivity index is 1.92. The van der Waals surface area contributed by atoms with E-state index in [0.717, 1.165) is 5.57 Å². The fourth-order valence-corrected chi connectivity index (χ4v) is 7.64. The second kappa shape index (κ2) is 9.94. The van der Waals surface area contributed by atoms with E-state index in [1.54, 1.807) is 31.4 Å². The molecule has 0 aromatic heterocycles. The fourth-order valence-electron chi connectivity index (χ4n) is 6.39. The molecule has 0 unspecified atom stereocenters. The van der Waals surface area contributed by atoms with Crippen LogP contribution in [0.2, 0.25) is 18.1 Å². The van der Waals surface area contributed by atoms with Crippen molar-refractivity contribution >= 4 is 19.9 Å². The summed E-state index contributed by atoms with van der Waals surface area (Å²) in [6, 6.07) is 12.6. The molecule has 40 heavy (non-hydrogen) atoms. The quantitative estimate of drug-likeness (QED) is 0.231. The molecule has 0 radical (unpaired) electrons. The number of carbonyl (C=O) groups is 2. The lowest BCUT2D eigenvalue weighted by Crippen LogP contribution is -2.69. The third-order valence-corrected chi connectivity index (χ3v) is 13.8. The first-order valence-corrected chi connectivity index (χ1v) is 16.8. The first-order valence-electron chi connectivity index (χ1n) is 13.9. The predicted molar refractivity (Wildman–Crippen MR) is 155 cm³/mol. The van der Waals surface area contributed by atoms with Gasteiger partial charge < -0.3 is 23.4 Å². The van der Waals surface area contributed by atoms with E-state index >= 15 is 4.79 Å². The molecule has 0 amide bonds. The first-order chi connectivity index (χ1) is 18.9. The molecule has 8 heteroatoms. The number of ether oxygens (including phenoxy) is 4. The summed E-state index contributed by atoms with van der Waals surface area (Å²) < 4.78 is 32.0. The van der Waals surface area contributed by atoms with Crippen molar-refractivity contribution in [2.75, 3.05) is 27.4 Å². The van der Waals surface area contributed by atoms with E-state index < -0.39 is 31.5 Å². The fraction of sp³-hybridized carbons (Fsp3) is 0.500. The van der Waals surface area contributed by atoms with Crippen molar-refractivity contribution in [1.82, 2.24) is 0 Å². The van der Waals surface area contributed by atoms with Gasteiger partial charge in [-0.15, -0.1) is 0 Å². The summed E-state index contributed by atoms with van der Waals surface area (Å²) in [5, 5.41) is -0.152. The molecule has 2 aromatic carbocycles. The number of fused-ring (bicyclic) bond motifs is 4. The Labute approximate surface area is 237 Å². The highest BCUT2D eigenvalue weighted by Crippen LogP contribution is 2.66. The summed E-state index contributed by atoms with van der Waals surface area (Å²) in [7, 11) is 0.588. The van der Waals surface area contributed by atoms with Gasteiger partial charge in [-0.25, -0.2) is 0 Å². The van der Waals surface area contributed by atoms with Gasteiger partial charge in [-0.2, -0.15) is 0 Å². The number of ketones is 2. The van der Waals surface area contributed by atoms with Gasteiger partial charge in [0.2, 0.25) is 5.79 Å². The van der Waals surface area contributed by atoms with Crippen LogP contribution in [0.15, 0.2) is 54.1 Å². The summed E-state index contributed by atoms with van der Waals surface area (Å²) in [4.78, 5) is 30.0. The zero-order valence-corrected chi connectivity index (χ0v) is 25.8. The average Bonchev–Trinajstić information content (AvgIpc) is 3.41. The van der Waals surface area contributed by atoms with E-state index in [4.69, 9.17) is 23.4 Å². The Kier molecular flexibility index (Phi) is 7.14. The van der Waals surface area contributed by atoms with Crippen LogP contribution in [0.3, 0.4) is 0 Å². The zero-order valence-electron chi connectivity index (χ0n) is 24.8. The minimum absolute atomic E-state index is 0.152. The summed E-state index contributed by atoms with van der Waals surface area (Å²) in [5.74, 6) is -2.09. The Morgan fingerprint density at radius 2 is 1.57 bits per heavy atom. The van der Waals surface area contributed by atoms with Gasteiger partial charge >= 0.3 is 0 Å². The summed E-state index contributed by atoms with van der Waals surface area (Å²) in [6.45, 7) is 13.3. The maximum absolute atomic E-state index is 15.2. The first kappa shape index (κ1) is 28.7. The van der Waals surface area contributed by atoms with Crippen LogP contribution >= 0.6 is 0 Å². The Morgan fingerprint density at radius 1 is 0.975 bits per heavy atom. The highest BCUT2D eigenvalue weighted by atomic mass is 28.4. The van der Waals surface area contributed by atoms with E-state index in [-0.39, 0.29) is 29.8 Å². The van der Waals surface area contributed by atoms with Gasteiger partial charge in [-0.1, -0.05) is 62.8 Å². The number of hydrogen-bond acceptors (Lipinski definition) is 7. The van der Waals surface area contributed by atoms with Crippen molar-refractivity contribution in [2.45, 2.75) is 64.1 Å².